The first-order chi connectivity index (χ1) is 17.5. The van der Waals surface area contributed by atoms with Crippen molar-refractivity contribution in [2.45, 2.75) is 43.8 Å². The lowest BCUT2D eigenvalue weighted by atomic mass is 10.0. The molecule has 37 heavy (non-hydrogen) atoms. The number of hydrogen-bond donors (Lipinski definition) is 7. The second-order valence-electron chi connectivity index (χ2n) is 8.34. The van der Waals surface area contributed by atoms with Crippen molar-refractivity contribution in [1.29, 1.82) is 0 Å². The first-order valence-corrected chi connectivity index (χ1v) is 11.4. The summed E-state index contributed by atoms with van der Waals surface area (Å²) in [6, 6.07) is 11.5. The SMILES string of the molecule is NC(Cc1ccc(O)cc1)C(=O)NC(Cc1ccccc1)C(=O)NCC(=O)NC(CCC(=O)O)C(=O)O. The summed E-state index contributed by atoms with van der Waals surface area (Å²) in [5, 5.41) is 34.4. The molecule has 0 saturated carbocycles. The predicted molar refractivity (Wildman–Crippen MR) is 131 cm³/mol. The van der Waals surface area contributed by atoms with Gasteiger partial charge in [0.05, 0.1) is 12.6 Å². The van der Waals surface area contributed by atoms with Gasteiger partial charge in [0.2, 0.25) is 17.7 Å². The molecule has 0 aliphatic heterocycles. The number of phenols is 1. The molecular formula is C25H30N4O8. The van der Waals surface area contributed by atoms with Gasteiger partial charge in [-0.15, -0.1) is 0 Å². The Bertz CT molecular complexity index is 1090. The highest BCUT2D eigenvalue weighted by molar-refractivity contribution is 5.92. The smallest absolute Gasteiger partial charge is 0.326 e. The molecule has 0 spiro atoms. The van der Waals surface area contributed by atoms with E-state index in [0.29, 0.717) is 5.56 Å². The second-order valence-corrected chi connectivity index (χ2v) is 8.34. The normalized spacial score (nSPS) is 13.0. The fourth-order valence-electron chi connectivity index (χ4n) is 3.38. The zero-order valence-electron chi connectivity index (χ0n) is 19.9. The van der Waals surface area contributed by atoms with Crippen LogP contribution in [0.1, 0.15) is 24.0 Å². The van der Waals surface area contributed by atoms with E-state index in [1.54, 1.807) is 42.5 Å². The summed E-state index contributed by atoms with van der Waals surface area (Å²) in [5.41, 5.74) is 7.46. The van der Waals surface area contributed by atoms with Crippen molar-refractivity contribution in [2.24, 2.45) is 5.73 Å². The third kappa shape index (κ3) is 10.4. The van der Waals surface area contributed by atoms with Crippen molar-refractivity contribution in [2.75, 3.05) is 6.54 Å². The van der Waals surface area contributed by atoms with Crippen LogP contribution in [-0.2, 0) is 36.8 Å². The van der Waals surface area contributed by atoms with E-state index in [4.69, 9.17) is 15.9 Å². The zero-order chi connectivity index (χ0) is 27.4. The molecule has 0 aliphatic carbocycles. The molecular weight excluding hydrogens is 484 g/mol. The average Bonchev–Trinajstić information content (AvgIpc) is 2.86. The third-order valence-electron chi connectivity index (χ3n) is 5.35. The minimum atomic E-state index is -1.43. The fourth-order valence-corrected chi connectivity index (χ4v) is 3.38. The van der Waals surface area contributed by atoms with E-state index < -0.39 is 60.8 Å². The van der Waals surface area contributed by atoms with Crippen LogP contribution in [0.5, 0.6) is 5.75 Å². The van der Waals surface area contributed by atoms with Gasteiger partial charge >= 0.3 is 11.9 Å². The highest BCUT2D eigenvalue weighted by Crippen LogP contribution is 2.11. The maximum atomic E-state index is 12.9. The maximum Gasteiger partial charge on any atom is 0.326 e. The first kappa shape index (κ1) is 28.8. The number of nitrogens with one attached hydrogen (secondary N) is 3. The Morgan fingerprint density at radius 3 is 2.00 bits per heavy atom. The van der Waals surface area contributed by atoms with Crippen LogP contribution in [0.4, 0.5) is 0 Å². The van der Waals surface area contributed by atoms with Crippen LogP contribution >= 0.6 is 0 Å². The van der Waals surface area contributed by atoms with Crippen molar-refractivity contribution in [1.82, 2.24) is 16.0 Å². The Morgan fingerprint density at radius 2 is 1.41 bits per heavy atom. The van der Waals surface area contributed by atoms with Crippen LogP contribution in [0.3, 0.4) is 0 Å². The number of nitrogens with two attached hydrogens (primary N) is 1. The van der Waals surface area contributed by atoms with Gasteiger partial charge in [-0.05, 0) is 36.1 Å². The third-order valence-corrected chi connectivity index (χ3v) is 5.35. The molecule has 0 aliphatic rings. The average molecular weight is 515 g/mol. The van der Waals surface area contributed by atoms with Gasteiger partial charge in [-0.2, -0.15) is 0 Å². The molecule has 0 bridgehead atoms. The predicted octanol–water partition coefficient (Wildman–Crippen LogP) is -0.460. The summed E-state index contributed by atoms with van der Waals surface area (Å²) in [6.07, 6.45) is -0.529. The lowest BCUT2D eigenvalue weighted by molar-refractivity contribution is -0.143. The van der Waals surface area contributed by atoms with Gasteiger partial charge in [-0.3, -0.25) is 19.2 Å². The number of hydrogen-bond acceptors (Lipinski definition) is 7. The number of amides is 3. The van der Waals surface area contributed by atoms with E-state index in [1.807, 2.05) is 0 Å². The van der Waals surface area contributed by atoms with Gasteiger partial charge in [-0.1, -0.05) is 42.5 Å². The van der Waals surface area contributed by atoms with Crippen molar-refractivity contribution < 1.29 is 39.3 Å². The summed E-state index contributed by atoms with van der Waals surface area (Å²) in [5.74, 6) is -4.67. The molecule has 12 nitrogen and oxygen atoms in total. The molecule has 0 radical (unpaired) electrons. The molecule has 3 unspecified atom stereocenters. The number of benzene rings is 2. The molecule has 12 heteroatoms. The Labute approximate surface area is 212 Å². The monoisotopic (exact) mass is 514 g/mol. The summed E-state index contributed by atoms with van der Waals surface area (Å²) in [6.45, 7) is -0.587. The Hall–Kier alpha value is -4.45. The topological polar surface area (TPSA) is 208 Å². The highest BCUT2D eigenvalue weighted by atomic mass is 16.4. The molecule has 3 amide bonds. The lowest BCUT2D eigenvalue weighted by Gasteiger charge is -2.21. The van der Waals surface area contributed by atoms with Gasteiger partial charge in [-0.25, -0.2) is 4.79 Å². The van der Waals surface area contributed by atoms with E-state index in [2.05, 4.69) is 16.0 Å². The quantitative estimate of drug-likeness (QED) is 0.174. The first-order valence-electron chi connectivity index (χ1n) is 11.4. The summed E-state index contributed by atoms with van der Waals surface area (Å²) < 4.78 is 0. The molecule has 2 rings (SSSR count). The minimum absolute atomic E-state index is 0.0713. The summed E-state index contributed by atoms with van der Waals surface area (Å²) >= 11 is 0. The number of phenolic OH excluding ortho intramolecular Hbond substituents is 1. The maximum absolute atomic E-state index is 12.9. The number of carboxylic acid groups (broad SMARTS) is 2. The molecule has 198 valence electrons. The molecule has 2 aromatic rings. The summed E-state index contributed by atoms with van der Waals surface area (Å²) in [4.78, 5) is 59.8. The second kappa shape index (κ2) is 14.2. The van der Waals surface area contributed by atoms with Crippen LogP contribution in [0.2, 0.25) is 0 Å². The van der Waals surface area contributed by atoms with E-state index in [9.17, 15) is 29.1 Å². The van der Waals surface area contributed by atoms with Crippen molar-refractivity contribution in [3.8, 4) is 5.75 Å². The van der Waals surface area contributed by atoms with E-state index in [0.717, 1.165) is 5.56 Å². The van der Waals surface area contributed by atoms with Crippen LogP contribution in [-0.4, -0.2) is 69.7 Å². The Balaban J connectivity index is 2.01. The van der Waals surface area contributed by atoms with Gasteiger partial charge in [0, 0.05) is 12.8 Å². The van der Waals surface area contributed by atoms with Crippen LogP contribution in [0.15, 0.2) is 54.6 Å². The largest absolute Gasteiger partial charge is 0.508 e. The van der Waals surface area contributed by atoms with Crippen molar-refractivity contribution in [3.05, 3.63) is 65.7 Å². The molecule has 0 aromatic heterocycles. The van der Waals surface area contributed by atoms with E-state index in [-0.39, 0.29) is 25.0 Å². The van der Waals surface area contributed by atoms with Gasteiger partial charge in [0.1, 0.15) is 17.8 Å². The number of carbonyl (C=O) groups excluding carboxylic acids is 3. The van der Waals surface area contributed by atoms with Gasteiger partial charge in [0.15, 0.2) is 0 Å². The van der Waals surface area contributed by atoms with Crippen molar-refractivity contribution in [3.63, 3.8) is 0 Å². The number of carbonyl (C=O) groups is 5. The Kier molecular flexibility index (Phi) is 11.0. The Morgan fingerprint density at radius 1 is 0.784 bits per heavy atom. The fraction of sp³-hybridized carbons (Fsp3) is 0.320. The molecule has 0 fully saturated rings. The van der Waals surface area contributed by atoms with Crippen LogP contribution in [0, 0.1) is 0 Å². The molecule has 0 saturated heterocycles. The van der Waals surface area contributed by atoms with E-state index in [1.165, 1.54) is 12.1 Å². The van der Waals surface area contributed by atoms with E-state index >= 15 is 0 Å². The van der Waals surface area contributed by atoms with Crippen LogP contribution in [0.25, 0.3) is 0 Å². The molecule has 0 heterocycles. The minimum Gasteiger partial charge on any atom is -0.508 e. The highest BCUT2D eigenvalue weighted by Gasteiger charge is 2.26. The standard InChI is InChI=1S/C25H30N4O8/c26-18(12-16-6-8-17(30)9-7-16)23(34)29-20(13-15-4-2-1-3-5-15)24(35)27-14-21(31)28-19(25(36)37)10-11-22(32)33/h1-9,18-20,30H,10-14,26H2,(H,27,35)(H,28,31)(H,29,34)(H,32,33)(H,36,37). The number of aliphatic carboxylic acids is 2. The molecule has 3 atom stereocenters. The zero-order valence-corrected chi connectivity index (χ0v) is 19.9. The number of carboxylic acids is 2. The van der Waals surface area contributed by atoms with Crippen LogP contribution < -0.4 is 21.7 Å². The number of rotatable bonds is 14. The molecule has 2 aromatic carbocycles. The molecule has 8 N–H and O–H groups in total. The lowest BCUT2D eigenvalue weighted by Crippen LogP contribution is -2.54. The van der Waals surface area contributed by atoms with Gasteiger partial charge in [0.25, 0.3) is 0 Å². The summed E-state index contributed by atoms with van der Waals surface area (Å²) in [7, 11) is 0. The number of aromatic hydroxyl groups is 1. The van der Waals surface area contributed by atoms with Crippen molar-refractivity contribution >= 4 is 29.7 Å². The van der Waals surface area contributed by atoms with Gasteiger partial charge < -0.3 is 37.0 Å².